The molecule has 1 atom stereocenters. The molecular formula is C26H26ClFN2O2S. The zero-order valence-electron chi connectivity index (χ0n) is 18.3. The zero-order chi connectivity index (χ0) is 23.6. The van der Waals surface area contributed by atoms with Crippen molar-refractivity contribution >= 4 is 35.2 Å². The molecule has 0 fully saturated rings. The molecule has 7 heteroatoms. The number of hydrogen-bond acceptors (Lipinski definition) is 3. The predicted octanol–water partition coefficient (Wildman–Crippen LogP) is 5.10. The van der Waals surface area contributed by atoms with E-state index < -0.39 is 11.9 Å². The SMILES string of the molecule is CNC(=O)[C@@H](Cc1ccccc1)N(Cc1ccccc1F)C(=O)CSCc1ccc(Cl)cc1. The van der Waals surface area contributed by atoms with Gasteiger partial charge in [-0.15, -0.1) is 11.8 Å². The van der Waals surface area contributed by atoms with Crippen molar-refractivity contribution in [2.45, 2.75) is 24.8 Å². The number of likely N-dealkylation sites (N-methyl/N-ethyl adjacent to an activating group) is 1. The third-order valence-corrected chi connectivity index (χ3v) is 6.46. The molecule has 2 amide bonds. The quantitative estimate of drug-likeness (QED) is 0.435. The molecule has 0 aliphatic carbocycles. The summed E-state index contributed by atoms with van der Waals surface area (Å²) >= 11 is 7.38. The Morgan fingerprint density at radius 3 is 2.30 bits per heavy atom. The number of hydrogen-bond donors (Lipinski definition) is 1. The van der Waals surface area contributed by atoms with Crippen molar-refractivity contribution in [1.29, 1.82) is 0 Å². The largest absolute Gasteiger partial charge is 0.357 e. The number of nitrogens with one attached hydrogen (secondary N) is 1. The molecule has 0 spiro atoms. The van der Waals surface area contributed by atoms with Crippen LogP contribution in [0.4, 0.5) is 4.39 Å². The molecule has 0 bridgehead atoms. The van der Waals surface area contributed by atoms with Crippen LogP contribution in [0.25, 0.3) is 0 Å². The van der Waals surface area contributed by atoms with Gasteiger partial charge in [-0.25, -0.2) is 4.39 Å². The van der Waals surface area contributed by atoms with Gasteiger partial charge in [-0.2, -0.15) is 0 Å². The lowest BCUT2D eigenvalue weighted by molar-refractivity contribution is -0.139. The minimum Gasteiger partial charge on any atom is -0.357 e. The van der Waals surface area contributed by atoms with E-state index in [1.165, 1.54) is 22.7 Å². The van der Waals surface area contributed by atoms with E-state index in [0.717, 1.165) is 11.1 Å². The van der Waals surface area contributed by atoms with Crippen LogP contribution in [0.3, 0.4) is 0 Å². The summed E-state index contributed by atoms with van der Waals surface area (Å²) in [5.41, 5.74) is 2.34. The maximum atomic E-state index is 14.4. The molecule has 3 aromatic rings. The van der Waals surface area contributed by atoms with E-state index in [0.29, 0.717) is 22.8 Å². The van der Waals surface area contributed by atoms with Crippen molar-refractivity contribution in [2.75, 3.05) is 12.8 Å². The third kappa shape index (κ3) is 7.34. The maximum absolute atomic E-state index is 14.4. The van der Waals surface area contributed by atoms with Gasteiger partial charge in [-0.05, 0) is 29.3 Å². The van der Waals surface area contributed by atoms with Crippen molar-refractivity contribution in [3.8, 4) is 0 Å². The molecule has 0 aromatic heterocycles. The second-order valence-electron chi connectivity index (χ2n) is 7.55. The van der Waals surface area contributed by atoms with E-state index >= 15 is 0 Å². The number of amides is 2. The van der Waals surface area contributed by atoms with Crippen LogP contribution in [-0.2, 0) is 28.3 Å². The Hall–Kier alpha value is -2.83. The Bertz CT molecular complexity index is 1060. The van der Waals surface area contributed by atoms with E-state index in [1.54, 1.807) is 25.2 Å². The van der Waals surface area contributed by atoms with Crippen molar-refractivity contribution in [1.82, 2.24) is 10.2 Å². The smallest absolute Gasteiger partial charge is 0.242 e. The molecule has 4 nitrogen and oxygen atoms in total. The first kappa shape index (κ1) is 24.8. The molecular weight excluding hydrogens is 459 g/mol. The molecule has 0 aliphatic heterocycles. The number of carbonyl (C=O) groups is 2. The van der Waals surface area contributed by atoms with Crippen LogP contribution in [0.2, 0.25) is 5.02 Å². The fourth-order valence-corrected chi connectivity index (χ4v) is 4.45. The maximum Gasteiger partial charge on any atom is 0.242 e. The lowest BCUT2D eigenvalue weighted by Gasteiger charge is -2.31. The van der Waals surface area contributed by atoms with E-state index in [1.807, 2.05) is 54.6 Å². The number of benzene rings is 3. The van der Waals surface area contributed by atoms with Gasteiger partial charge in [-0.1, -0.05) is 72.3 Å². The standard InChI is InChI=1S/C26H26ClFN2O2S/c1-29-26(32)24(15-19-7-3-2-4-8-19)30(16-21-9-5-6-10-23(21)28)25(31)18-33-17-20-11-13-22(27)14-12-20/h2-14,24H,15-18H2,1H3,(H,29,32)/t24-/m1/s1. The Labute approximate surface area is 203 Å². The minimum atomic E-state index is -0.763. The van der Waals surface area contributed by atoms with E-state index in [-0.39, 0.29) is 24.1 Å². The van der Waals surface area contributed by atoms with Crippen molar-refractivity contribution < 1.29 is 14.0 Å². The number of thioether (sulfide) groups is 1. The average molecular weight is 485 g/mol. The van der Waals surface area contributed by atoms with Crippen LogP contribution in [0.5, 0.6) is 0 Å². The van der Waals surface area contributed by atoms with Crippen LogP contribution in [0.15, 0.2) is 78.9 Å². The van der Waals surface area contributed by atoms with Crippen LogP contribution in [0, 0.1) is 5.82 Å². The van der Waals surface area contributed by atoms with Crippen molar-refractivity contribution in [2.24, 2.45) is 0 Å². The van der Waals surface area contributed by atoms with Crippen molar-refractivity contribution in [3.05, 3.63) is 106 Å². The fourth-order valence-electron chi connectivity index (χ4n) is 3.45. The molecule has 0 unspecified atom stereocenters. The number of halogens is 2. The normalized spacial score (nSPS) is 11.6. The second kappa shape index (κ2) is 12.4. The molecule has 1 N–H and O–H groups in total. The van der Waals surface area contributed by atoms with E-state index in [4.69, 9.17) is 11.6 Å². The first-order chi connectivity index (χ1) is 16.0. The topological polar surface area (TPSA) is 49.4 Å². The molecule has 3 rings (SSSR count). The van der Waals surface area contributed by atoms with Crippen LogP contribution in [0.1, 0.15) is 16.7 Å². The number of carbonyl (C=O) groups excluding carboxylic acids is 2. The third-order valence-electron chi connectivity index (χ3n) is 5.22. The highest BCUT2D eigenvalue weighted by Gasteiger charge is 2.30. The zero-order valence-corrected chi connectivity index (χ0v) is 19.9. The van der Waals surface area contributed by atoms with Gasteiger partial charge in [0.2, 0.25) is 11.8 Å². The van der Waals surface area contributed by atoms with Crippen molar-refractivity contribution in [3.63, 3.8) is 0 Å². The number of rotatable bonds is 10. The van der Waals surface area contributed by atoms with Crippen LogP contribution >= 0.6 is 23.4 Å². The molecule has 0 radical (unpaired) electrons. The summed E-state index contributed by atoms with van der Waals surface area (Å²) in [6, 6.07) is 22.5. The van der Waals surface area contributed by atoms with E-state index in [2.05, 4.69) is 5.32 Å². The molecule has 33 heavy (non-hydrogen) atoms. The highest BCUT2D eigenvalue weighted by molar-refractivity contribution is 7.99. The molecule has 0 heterocycles. The van der Waals surface area contributed by atoms with Gasteiger partial charge in [0.05, 0.1) is 5.75 Å². The second-order valence-corrected chi connectivity index (χ2v) is 8.97. The van der Waals surface area contributed by atoms with Gasteiger partial charge in [0.25, 0.3) is 0 Å². The Balaban J connectivity index is 1.81. The highest BCUT2D eigenvalue weighted by atomic mass is 35.5. The first-order valence-corrected chi connectivity index (χ1v) is 12.1. The Kier molecular flexibility index (Phi) is 9.34. The molecule has 0 saturated heterocycles. The summed E-state index contributed by atoms with van der Waals surface area (Å²) in [5.74, 6) is -0.119. The minimum absolute atomic E-state index is 0.0118. The summed E-state index contributed by atoms with van der Waals surface area (Å²) in [5, 5.41) is 3.32. The predicted molar refractivity (Wildman–Crippen MR) is 133 cm³/mol. The molecule has 172 valence electrons. The van der Waals surface area contributed by atoms with Gasteiger partial charge in [0.15, 0.2) is 0 Å². The summed E-state index contributed by atoms with van der Waals surface area (Å²) in [6.45, 7) is 0.0118. The van der Waals surface area contributed by atoms with Gasteiger partial charge in [-0.3, -0.25) is 9.59 Å². The fraction of sp³-hybridized carbons (Fsp3) is 0.231. The number of nitrogens with zero attached hydrogens (tertiary/aromatic N) is 1. The molecule has 0 saturated carbocycles. The van der Waals surface area contributed by atoms with E-state index in [9.17, 15) is 14.0 Å². The van der Waals surface area contributed by atoms with Crippen LogP contribution < -0.4 is 5.32 Å². The lowest BCUT2D eigenvalue weighted by Crippen LogP contribution is -2.50. The van der Waals surface area contributed by atoms with Crippen LogP contribution in [-0.4, -0.2) is 35.6 Å². The monoisotopic (exact) mass is 484 g/mol. The highest BCUT2D eigenvalue weighted by Crippen LogP contribution is 2.20. The Morgan fingerprint density at radius 2 is 1.64 bits per heavy atom. The van der Waals surface area contributed by atoms with Gasteiger partial charge < -0.3 is 10.2 Å². The molecule has 0 aliphatic rings. The summed E-state index contributed by atoms with van der Waals surface area (Å²) in [7, 11) is 1.54. The average Bonchev–Trinajstić information content (AvgIpc) is 2.83. The summed E-state index contributed by atoms with van der Waals surface area (Å²) in [4.78, 5) is 27.7. The van der Waals surface area contributed by atoms with Gasteiger partial charge in [0, 0.05) is 36.4 Å². The summed E-state index contributed by atoms with van der Waals surface area (Å²) in [6.07, 6.45) is 0.336. The Morgan fingerprint density at radius 1 is 0.970 bits per heavy atom. The summed E-state index contributed by atoms with van der Waals surface area (Å²) < 4.78 is 14.4. The molecule has 3 aromatic carbocycles. The van der Waals surface area contributed by atoms with Gasteiger partial charge >= 0.3 is 0 Å². The van der Waals surface area contributed by atoms with Gasteiger partial charge in [0.1, 0.15) is 11.9 Å². The lowest BCUT2D eigenvalue weighted by atomic mass is 10.0. The first-order valence-electron chi connectivity index (χ1n) is 10.6.